The van der Waals surface area contributed by atoms with Gasteiger partial charge in [0.2, 0.25) is 5.89 Å². The first-order chi connectivity index (χ1) is 14.2. The Bertz CT molecular complexity index is 1140. The third-order valence-electron chi connectivity index (χ3n) is 4.36. The van der Waals surface area contributed by atoms with Crippen LogP contribution in [-0.2, 0) is 0 Å². The Morgan fingerprint density at radius 3 is 2.41 bits per heavy atom. The number of allylic oxidation sites excluding steroid dienone is 1. The van der Waals surface area contributed by atoms with Gasteiger partial charge in [-0.25, -0.2) is 4.98 Å². The maximum absolute atomic E-state index is 13.2. The van der Waals surface area contributed by atoms with E-state index in [1.165, 1.54) is 0 Å². The first-order valence-electron chi connectivity index (χ1n) is 9.26. The Hall–Kier alpha value is -3.92. The number of carbonyl (C=O) groups excluding carboxylic acids is 1. The standard InChI is InChI=1S/C25H19NO3/c1-2-16-28-20-14-12-18(13-15-20)17-21(24(27)19-8-4-3-5-9-19)25-26-22-10-6-7-11-23(22)29-25/h2-15,17H,1,16H2. The predicted molar refractivity (Wildman–Crippen MR) is 115 cm³/mol. The lowest BCUT2D eigenvalue weighted by atomic mass is 10.0. The molecule has 3 aromatic carbocycles. The molecule has 4 aromatic rings. The quantitative estimate of drug-likeness (QED) is 0.230. The maximum Gasteiger partial charge on any atom is 0.231 e. The molecule has 0 bridgehead atoms. The van der Waals surface area contributed by atoms with Crippen LogP contribution in [0.3, 0.4) is 0 Å². The zero-order chi connectivity index (χ0) is 20.1. The number of ether oxygens (including phenoxy) is 1. The van der Waals surface area contributed by atoms with Crippen LogP contribution in [0.4, 0.5) is 0 Å². The van der Waals surface area contributed by atoms with Crippen LogP contribution in [0, 0.1) is 0 Å². The summed E-state index contributed by atoms with van der Waals surface area (Å²) in [7, 11) is 0. The van der Waals surface area contributed by atoms with Crippen LogP contribution in [0.5, 0.6) is 5.75 Å². The van der Waals surface area contributed by atoms with E-state index in [4.69, 9.17) is 9.15 Å². The van der Waals surface area contributed by atoms with Gasteiger partial charge in [-0.3, -0.25) is 4.79 Å². The number of ketones is 1. The first kappa shape index (κ1) is 18.4. The average molecular weight is 381 g/mol. The van der Waals surface area contributed by atoms with Crippen molar-refractivity contribution < 1.29 is 13.9 Å². The molecule has 29 heavy (non-hydrogen) atoms. The molecule has 4 rings (SSSR count). The minimum atomic E-state index is -0.149. The molecule has 0 aliphatic heterocycles. The zero-order valence-electron chi connectivity index (χ0n) is 15.7. The Morgan fingerprint density at radius 1 is 0.966 bits per heavy atom. The van der Waals surface area contributed by atoms with E-state index in [0.717, 1.165) is 11.3 Å². The SMILES string of the molecule is C=CCOc1ccc(C=C(C(=O)c2ccccc2)c2nc3ccccc3o2)cc1. The highest BCUT2D eigenvalue weighted by molar-refractivity contribution is 6.31. The van der Waals surface area contributed by atoms with Crippen molar-refractivity contribution in [3.8, 4) is 5.75 Å². The van der Waals surface area contributed by atoms with Crippen molar-refractivity contribution in [2.75, 3.05) is 6.61 Å². The van der Waals surface area contributed by atoms with Crippen molar-refractivity contribution in [3.63, 3.8) is 0 Å². The molecule has 0 atom stereocenters. The van der Waals surface area contributed by atoms with Crippen molar-refractivity contribution >= 4 is 28.5 Å². The van der Waals surface area contributed by atoms with Gasteiger partial charge in [-0.2, -0.15) is 0 Å². The summed E-state index contributed by atoms with van der Waals surface area (Å²) in [6.45, 7) is 4.08. The smallest absolute Gasteiger partial charge is 0.231 e. The lowest BCUT2D eigenvalue weighted by Gasteiger charge is -2.05. The molecular weight excluding hydrogens is 362 g/mol. The number of carbonyl (C=O) groups is 1. The zero-order valence-corrected chi connectivity index (χ0v) is 15.7. The molecule has 0 aliphatic rings. The lowest BCUT2D eigenvalue weighted by Crippen LogP contribution is -2.03. The number of nitrogens with zero attached hydrogens (tertiary/aromatic N) is 1. The summed E-state index contributed by atoms with van der Waals surface area (Å²) >= 11 is 0. The van der Waals surface area contributed by atoms with E-state index in [1.54, 1.807) is 24.3 Å². The van der Waals surface area contributed by atoms with E-state index in [1.807, 2.05) is 66.7 Å². The van der Waals surface area contributed by atoms with Crippen molar-refractivity contribution in [1.82, 2.24) is 4.98 Å². The minimum absolute atomic E-state index is 0.149. The van der Waals surface area contributed by atoms with E-state index in [-0.39, 0.29) is 5.78 Å². The Morgan fingerprint density at radius 2 is 1.69 bits per heavy atom. The van der Waals surface area contributed by atoms with E-state index in [2.05, 4.69) is 11.6 Å². The van der Waals surface area contributed by atoms with E-state index >= 15 is 0 Å². The molecule has 1 aromatic heterocycles. The molecule has 4 nitrogen and oxygen atoms in total. The van der Waals surface area contributed by atoms with Gasteiger partial charge in [0, 0.05) is 5.56 Å². The number of Topliss-reactive ketones (excluding diaryl/α,β-unsaturated/α-hetero) is 1. The molecule has 142 valence electrons. The minimum Gasteiger partial charge on any atom is -0.490 e. The van der Waals surface area contributed by atoms with Crippen LogP contribution in [0.15, 0.2) is 95.9 Å². The predicted octanol–water partition coefficient (Wildman–Crippen LogP) is 5.82. The third-order valence-corrected chi connectivity index (χ3v) is 4.36. The van der Waals surface area contributed by atoms with Gasteiger partial charge in [0.15, 0.2) is 11.4 Å². The number of aromatic nitrogens is 1. The highest BCUT2D eigenvalue weighted by atomic mass is 16.5. The summed E-state index contributed by atoms with van der Waals surface area (Å²) < 4.78 is 11.4. The van der Waals surface area contributed by atoms with Gasteiger partial charge < -0.3 is 9.15 Å². The van der Waals surface area contributed by atoms with Crippen LogP contribution in [0.25, 0.3) is 22.7 Å². The second kappa shape index (κ2) is 8.40. The number of hydrogen-bond donors (Lipinski definition) is 0. The fourth-order valence-electron chi connectivity index (χ4n) is 2.94. The lowest BCUT2D eigenvalue weighted by molar-refractivity contribution is 0.105. The van der Waals surface area contributed by atoms with Gasteiger partial charge >= 0.3 is 0 Å². The number of hydrogen-bond acceptors (Lipinski definition) is 4. The molecule has 0 spiro atoms. The topological polar surface area (TPSA) is 52.3 Å². The fourth-order valence-corrected chi connectivity index (χ4v) is 2.94. The summed E-state index contributed by atoms with van der Waals surface area (Å²) in [5.41, 5.74) is 3.17. The molecule has 0 amide bonds. The first-order valence-corrected chi connectivity index (χ1v) is 9.26. The second-order valence-electron chi connectivity index (χ2n) is 6.41. The number of para-hydroxylation sites is 2. The molecule has 0 unspecified atom stereocenters. The van der Waals surface area contributed by atoms with Gasteiger partial charge in [-0.05, 0) is 35.9 Å². The summed E-state index contributed by atoms with van der Waals surface area (Å²) in [4.78, 5) is 17.8. The molecule has 0 fully saturated rings. The fraction of sp³-hybridized carbons (Fsp3) is 0.0400. The van der Waals surface area contributed by atoms with Crippen molar-refractivity contribution in [1.29, 1.82) is 0 Å². The van der Waals surface area contributed by atoms with E-state index < -0.39 is 0 Å². The molecule has 0 radical (unpaired) electrons. The number of benzene rings is 3. The summed E-state index contributed by atoms with van der Waals surface area (Å²) in [5, 5.41) is 0. The number of oxazole rings is 1. The number of rotatable bonds is 7. The van der Waals surface area contributed by atoms with Crippen LogP contribution in [0.1, 0.15) is 21.8 Å². The van der Waals surface area contributed by atoms with Crippen molar-refractivity contribution in [3.05, 3.63) is 109 Å². The maximum atomic E-state index is 13.2. The molecule has 0 aliphatic carbocycles. The van der Waals surface area contributed by atoms with Gasteiger partial charge in [-0.1, -0.05) is 67.3 Å². The summed E-state index contributed by atoms with van der Waals surface area (Å²) in [5.74, 6) is 0.885. The molecule has 0 N–H and O–H groups in total. The normalized spacial score (nSPS) is 11.4. The molecular formula is C25H19NO3. The van der Waals surface area contributed by atoms with Gasteiger partial charge in [0.05, 0.1) is 5.57 Å². The Balaban J connectivity index is 1.76. The Labute approximate surface area is 168 Å². The van der Waals surface area contributed by atoms with Crippen molar-refractivity contribution in [2.24, 2.45) is 0 Å². The molecule has 0 saturated heterocycles. The number of fused-ring (bicyclic) bond motifs is 1. The largest absolute Gasteiger partial charge is 0.490 e. The molecule has 1 heterocycles. The highest BCUT2D eigenvalue weighted by Crippen LogP contribution is 2.26. The van der Waals surface area contributed by atoms with Gasteiger partial charge in [0.1, 0.15) is 17.9 Å². The summed E-state index contributed by atoms with van der Waals surface area (Å²) in [6.07, 6.45) is 3.48. The van der Waals surface area contributed by atoms with Crippen LogP contribution in [0.2, 0.25) is 0 Å². The van der Waals surface area contributed by atoms with Crippen molar-refractivity contribution in [2.45, 2.75) is 0 Å². The van der Waals surface area contributed by atoms with Crippen LogP contribution >= 0.6 is 0 Å². The monoisotopic (exact) mass is 381 g/mol. The van der Waals surface area contributed by atoms with E-state index in [0.29, 0.717) is 34.7 Å². The summed E-state index contributed by atoms with van der Waals surface area (Å²) in [6, 6.07) is 24.1. The average Bonchev–Trinajstić information content (AvgIpc) is 3.21. The second-order valence-corrected chi connectivity index (χ2v) is 6.41. The molecule has 4 heteroatoms. The van der Waals surface area contributed by atoms with Gasteiger partial charge in [-0.15, -0.1) is 0 Å². The third kappa shape index (κ3) is 4.17. The van der Waals surface area contributed by atoms with E-state index in [9.17, 15) is 4.79 Å². The highest BCUT2D eigenvalue weighted by Gasteiger charge is 2.20. The van der Waals surface area contributed by atoms with Gasteiger partial charge in [0.25, 0.3) is 0 Å². The molecule has 0 saturated carbocycles. The van der Waals surface area contributed by atoms with Crippen LogP contribution < -0.4 is 4.74 Å². The van der Waals surface area contributed by atoms with Crippen LogP contribution in [-0.4, -0.2) is 17.4 Å². The Kier molecular flexibility index (Phi) is 5.34.